The van der Waals surface area contributed by atoms with Gasteiger partial charge in [0.2, 0.25) is 6.39 Å². The lowest BCUT2D eigenvalue weighted by molar-refractivity contribution is 0.0940. The van der Waals surface area contributed by atoms with Crippen molar-refractivity contribution < 1.29 is 4.52 Å². The van der Waals surface area contributed by atoms with E-state index in [2.05, 4.69) is 27.3 Å². The maximum atomic E-state index is 4.83. The van der Waals surface area contributed by atoms with Crippen molar-refractivity contribution in [2.24, 2.45) is 5.92 Å². The number of hydrogen-bond acceptors (Lipinski definition) is 5. The van der Waals surface area contributed by atoms with Crippen LogP contribution >= 0.6 is 0 Å². The molecule has 2 aliphatic rings. The molecular formula is C16H28N4O. The van der Waals surface area contributed by atoms with Gasteiger partial charge in [-0.1, -0.05) is 31.3 Å². The van der Waals surface area contributed by atoms with Crippen LogP contribution in [0.1, 0.15) is 51.3 Å². The van der Waals surface area contributed by atoms with Crippen LogP contribution in [0.3, 0.4) is 0 Å². The van der Waals surface area contributed by atoms with Gasteiger partial charge in [-0.15, -0.1) is 0 Å². The largest absolute Gasteiger partial charge is 0.343 e. The molecule has 0 radical (unpaired) electrons. The number of aromatic nitrogens is 2. The predicted octanol–water partition coefficient (Wildman–Crippen LogP) is 2.24. The monoisotopic (exact) mass is 292 g/mol. The summed E-state index contributed by atoms with van der Waals surface area (Å²) in [4.78, 5) is 6.79. The number of nitrogens with one attached hydrogen (secondary N) is 1. The van der Waals surface area contributed by atoms with Crippen LogP contribution in [-0.4, -0.2) is 46.8 Å². The molecule has 5 heteroatoms. The third-order valence-electron chi connectivity index (χ3n) is 5.28. The van der Waals surface area contributed by atoms with E-state index in [0.29, 0.717) is 12.1 Å². The summed E-state index contributed by atoms with van der Waals surface area (Å²) >= 11 is 0. The van der Waals surface area contributed by atoms with Gasteiger partial charge in [-0.05, 0) is 25.2 Å². The highest BCUT2D eigenvalue weighted by atomic mass is 16.5. The van der Waals surface area contributed by atoms with Crippen LogP contribution in [0.25, 0.3) is 0 Å². The second-order valence-electron chi connectivity index (χ2n) is 6.57. The highest BCUT2D eigenvalue weighted by Crippen LogP contribution is 2.28. The Labute approximate surface area is 127 Å². The van der Waals surface area contributed by atoms with Gasteiger partial charge in [-0.25, -0.2) is 0 Å². The maximum Gasteiger partial charge on any atom is 0.213 e. The summed E-state index contributed by atoms with van der Waals surface area (Å²) in [6.45, 7) is 5.64. The zero-order chi connectivity index (χ0) is 14.5. The van der Waals surface area contributed by atoms with Gasteiger partial charge in [0.25, 0.3) is 0 Å². The van der Waals surface area contributed by atoms with Gasteiger partial charge in [0, 0.05) is 38.1 Å². The first-order chi connectivity index (χ1) is 10.4. The predicted molar refractivity (Wildman–Crippen MR) is 82.0 cm³/mol. The molecule has 118 valence electrons. The lowest BCUT2D eigenvalue weighted by Gasteiger charge is -2.43. The van der Waals surface area contributed by atoms with Crippen molar-refractivity contribution in [3.05, 3.63) is 12.2 Å². The number of hydrogen-bond donors (Lipinski definition) is 1. The van der Waals surface area contributed by atoms with Crippen molar-refractivity contribution >= 4 is 0 Å². The lowest BCUT2D eigenvalue weighted by Crippen LogP contribution is -2.59. The molecule has 0 amide bonds. The first-order valence-corrected chi connectivity index (χ1v) is 8.59. The molecule has 2 atom stereocenters. The molecule has 2 heterocycles. The van der Waals surface area contributed by atoms with E-state index in [1.165, 1.54) is 51.5 Å². The molecule has 1 aliphatic heterocycles. The minimum Gasteiger partial charge on any atom is -0.343 e. The molecule has 1 saturated heterocycles. The number of piperazine rings is 1. The van der Waals surface area contributed by atoms with Crippen LogP contribution in [0.15, 0.2) is 10.9 Å². The maximum absolute atomic E-state index is 4.83. The Morgan fingerprint density at radius 3 is 2.90 bits per heavy atom. The van der Waals surface area contributed by atoms with Crippen molar-refractivity contribution in [2.45, 2.75) is 64.0 Å². The van der Waals surface area contributed by atoms with Crippen molar-refractivity contribution in [1.29, 1.82) is 0 Å². The Morgan fingerprint density at radius 2 is 2.19 bits per heavy atom. The van der Waals surface area contributed by atoms with E-state index in [0.717, 1.165) is 31.3 Å². The second kappa shape index (κ2) is 7.36. The fourth-order valence-corrected chi connectivity index (χ4v) is 3.96. The Bertz CT molecular complexity index is 402. The van der Waals surface area contributed by atoms with E-state index in [4.69, 9.17) is 4.52 Å². The fourth-order valence-electron chi connectivity index (χ4n) is 3.96. The molecule has 1 aliphatic carbocycles. The van der Waals surface area contributed by atoms with Crippen LogP contribution in [0.4, 0.5) is 0 Å². The van der Waals surface area contributed by atoms with E-state index >= 15 is 0 Å². The van der Waals surface area contributed by atoms with E-state index < -0.39 is 0 Å². The van der Waals surface area contributed by atoms with Gasteiger partial charge >= 0.3 is 0 Å². The third kappa shape index (κ3) is 3.83. The molecule has 21 heavy (non-hydrogen) atoms. The summed E-state index contributed by atoms with van der Waals surface area (Å²) in [6, 6.07) is 1.33. The molecule has 1 aromatic heterocycles. The smallest absolute Gasteiger partial charge is 0.213 e. The van der Waals surface area contributed by atoms with Gasteiger partial charge in [-0.2, -0.15) is 4.98 Å². The van der Waals surface area contributed by atoms with Crippen LogP contribution in [0.5, 0.6) is 0 Å². The summed E-state index contributed by atoms with van der Waals surface area (Å²) in [5.41, 5.74) is 0. The Balaban J connectivity index is 1.55. The number of nitrogens with zero attached hydrogens (tertiary/aromatic N) is 3. The molecule has 5 nitrogen and oxygen atoms in total. The summed E-state index contributed by atoms with van der Waals surface area (Å²) in [5.74, 6) is 1.71. The normalized spacial score (nSPS) is 28.8. The molecular weight excluding hydrogens is 264 g/mol. The second-order valence-corrected chi connectivity index (χ2v) is 6.57. The Hall–Kier alpha value is -0.940. The Morgan fingerprint density at radius 1 is 1.33 bits per heavy atom. The molecule has 3 rings (SSSR count). The summed E-state index contributed by atoms with van der Waals surface area (Å²) in [5, 5.41) is 7.75. The van der Waals surface area contributed by atoms with E-state index in [-0.39, 0.29) is 0 Å². The van der Waals surface area contributed by atoms with Gasteiger partial charge in [0.1, 0.15) is 0 Å². The zero-order valence-corrected chi connectivity index (χ0v) is 13.1. The molecule has 0 bridgehead atoms. The van der Waals surface area contributed by atoms with Crippen LogP contribution in [-0.2, 0) is 6.42 Å². The Kier molecular flexibility index (Phi) is 5.25. The summed E-state index contributed by atoms with van der Waals surface area (Å²) in [6.07, 6.45) is 10.6. The van der Waals surface area contributed by atoms with Gasteiger partial charge in [0.15, 0.2) is 5.82 Å². The van der Waals surface area contributed by atoms with Gasteiger partial charge in [-0.3, -0.25) is 4.90 Å². The summed E-state index contributed by atoms with van der Waals surface area (Å²) in [7, 11) is 0. The number of rotatable bonds is 5. The SMILES string of the molecule is CCC1CNC(C2CCCCC2)CN1CCc1ncon1. The highest BCUT2D eigenvalue weighted by molar-refractivity contribution is 4.91. The molecule has 1 saturated carbocycles. The average molecular weight is 292 g/mol. The van der Waals surface area contributed by atoms with Crippen molar-refractivity contribution in [3.8, 4) is 0 Å². The van der Waals surface area contributed by atoms with E-state index in [1.54, 1.807) is 0 Å². The van der Waals surface area contributed by atoms with Gasteiger partial charge < -0.3 is 9.84 Å². The van der Waals surface area contributed by atoms with Crippen molar-refractivity contribution in [1.82, 2.24) is 20.4 Å². The average Bonchev–Trinajstić information content (AvgIpc) is 3.07. The molecule has 2 fully saturated rings. The molecule has 2 unspecified atom stereocenters. The van der Waals surface area contributed by atoms with E-state index in [9.17, 15) is 0 Å². The topological polar surface area (TPSA) is 54.2 Å². The molecule has 0 spiro atoms. The van der Waals surface area contributed by atoms with Crippen LogP contribution in [0, 0.1) is 5.92 Å². The molecule has 1 N–H and O–H groups in total. The van der Waals surface area contributed by atoms with Gasteiger partial charge in [0.05, 0.1) is 0 Å². The minimum atomic E-state index is 0.650. The molecule has 0 aromatic carbocycles. The minimum absolute atomic E-state index is 0.650. The third-order valence-corrected chi connectivity index (χ3v) is 5.28. The highest BCUT2D eigenvalue weighted by Gasteiger charge is 2.31. The quantitative estimate of drug-likeness (QED) is 0.902. The fraction of sp³-hybridized carbons (Fsp3) is 0.875. The molecule has 1 aromatic rings. The standard InChI is InChI=1S/C16H28N4O/c1-2-14-10-17-15(13-6-4-3-5-7-13)11-20(14)9-8-16-18-12-21-19-16/h12-15,17H,2-11H2,1H3. The van der Waals surface area contributed by atoms with Crippen molar-refractivity contribution in [2.75, 3.05) is 19.6 Å². The van der Waals surface area contributed by atoms with E-state index in [1.807, 2.05) is 0 Å². The first kappa shape index (κ1) is 15.0. The zero-order valence-electron chi connectivity index (χ0n) is 13.1. The lowest BCUT2D eigenvalue weighted by atomic mass is 9.82. The van der Waals surface area contributed by atoms with Crippen LogP contribution in [0.2, 0.25) is 0 Å². The van der Waals surface area contributed by atoms with Crippen LogP contribution < -0.4 is 5.32 Å². The summed E-state index contributed by atoms with van der Waals surface area (Å²) < 4.78 is 4.83. The first-order valence-electron chi connectivity index (χ1n) is 8.59. The van der Waals surface area contributed by atoms with Crippen molar-refractivity contribution in [3.63, 3.8) is 0 Å².